The van der Waals surface area contributed by atoms with Gasteiger partial charge in [-0.15, -0.1) is 0 Å². The number of methoxy groups -OCH3 is 1. The number of halogens is 1. The summed E-state index contributed by atoms with van der Waals surface area (Å²) < 4.78 is 6.47. The van der Waals surface area contributed by atoms with Gasteiger partial charge in [0.1, 0.15) is 5.75 Å². The van der Waals surface area contributed by atoms with Gasteiger partial charge in [-0.2, -0.15) is 0 Å². The number of rotatable bonds is 4. The lowest BCUT2D eigenvalue weighted by Gasteiger charge is -2.13. The van der Waals surface area contributed by atoms with Crippen molar-refractivity contribution in [3.8, 4) is 5.75 Å². The Hall–Kier alpha value is -0.540. The maximum absolute atomic E-state index is 6.10. The topological polar surface area (TPSA) is 35.2 Å². The standard InChI is InChI=1S/C13H18BrNO/c1-9-3-4-10(11(14)12(9)16-2)5-6-13(15)7-8-13/h3-4H,5-8,15H2,1-2H3. The lowest BCUT2D eigenvalue weighted by molar-refractivity contribution is 0.408. The molecule has 1 aliphatic rings. The predicted molar refractivity (Wildman–Crippen MR) is 69.9 cm³/mol. The highest BCUT2D eigenvalue weighted by Crippen LogP contribution is 2.39. The lowest BCUT2D eigenvalue weighted by Crippen LogP contribution is -2.22. The van der Waals surface area contributed by atoms with Gasteiger partial charge < -0.3 is 10.5 Å². The van der Waals surface area contributed by atoms with Crippen molar-refractivity contribution in [3.05, 3.63) is 27.7 Å². The fourth-order valence-electron chi connectivity index (χ4n) is 1.93. The predicted octanol–water partition coefficient (Wildman–Crippen LogP) is 3.19. The summed E-state index contributed by atoms with van der Waals surface area (Å²) in [6.45, 7) is 2.05. The summed E-state index contributed by atoms with van der Waals surface area (Å²) in [6, 6.07) is 4.27. The maximum atomic E-state index is 6.10. The van der Waals surface area contributed by atoms with Gasteiger partial charge in [-0.3, -0.25) is 0 Å². The molecule has 0 spiro atoms. The van der Waals surface area contributed by atoms with Crippen LogP contribution in [0.25, 0.3) is 0 Å². The van der Waals surface area contributed by atoms with Crippen LogP contribution in [0.2, 0.25) is 0 Å². The van der Waals surface area contributed by atoms with Gasteiger partial charge in [0.25, 0.3) is 0 Å². The molecule has 0 aromatic heterocycles. The molecule has 88 valence electrons. The van der Waals surface area contributed by atoms with Gasteiger partial charge >= 0.3 is 0 Å². The molecule has 0 aliphatic heterocycles. The third-order valence-electron chi connectivity index (χ3n) is 3.36. The van der Waals surface area contributed by atoms with Gasteiger partial charge in [0, 0.05) is 5.54 Å². The van der Waals surface area contributed by atoms with E-state index in [1.807, 2.05) is 0 Å². The molecule has 0 heterocycles. The lowest BCUT2D eigenvalue weighted by atomic mass is 10.0. The second-order valence-corrected chi connectivity index (χ2v) is 5.54. The van der Waals surface area contributed by atoms with Gasteiger partial charge in [0.05, 0.1) is 11.6 Å². The molecule has 0 bridgehead atoms. The van der Waals surface area contributed by atoms with Gasteiger partial charge in [-0.25, -0.2) is 0 Å². The summed E-state index contributed by atoms with van der Waals surface area (Å²) in [6.07, 6.45) is 4.44. The second-order valence-electron chi connectivity index (χ2n) is 4.75. The Labute approximate surface area is 105 Å². The highest BCUT2D eigenvalue weighted by Gasteiger charge is 2.37. The Morgan fingerprint density at radius 3 is 2.69 bits per heavy atom. The summed E-state index contributed by atoms with van der Waals surface area (Å²) in [5.41, 5.74) is 8.67. The van der Waals surface area contributed by atoms with Crippen molar-refractivity contribution in [2.75, 3.05) is 7.11 Å². The average Bonchev–Trinajstić information content (AvgIpc) is 2.97. The molecule has 1 fully saturated rings. The highest BCUT2D eigenvalue weighted by molar-refractivity contribution is 9.10. The Morgan fingerprint density at radius 1 is 1.44 bits per heavy atom. The van der Waals surface area contributed by atoms with Crippen LogP contribution in [0.15, 0.2) is 16.6 Å². The van der Waals surface area contributed by atoms with E-state index in [2.05, 4.69) is 35.0 Å². The summed E-state index contributed by atoms with van der Waals surface area (Å²) in [5.74, 6) is 0.944. The molecule has 1 aliphatic carbocycles. The molecular formula is C13H18BrNO. The van der Waals surface area contributed by atoms with Crippen LogP contribution < -0.4 is 10.5 Å². The van der Waals surface area contributed by atoms with E-state index in [1.165, 1.54) is 18.4 Å². The molecular weight excluding hydrogens is 266 g/mol. The Morgan fingerprint density at radius 2 is 2.12 bits per heavy atom. The quantitative estimate of drug-likeness (QED) is 0.921. The van der Waals surface area contributed by atoms with E-state index in [0.29, 0.717) is 0 Å². The first-order valence-corrected chi connectivity index (χ1v) is 6.46. The fourth-order valence-corrected chi connectivity index (χ4v) is 2.74. The largest absolute Gasteiger partial charge is 0.495 e. The second kappa shape index (κ2) is 4.38. The average molecular weight is 284 g/mol. The molecule has 16 heavy (non-hydrogen) atoms. The molecule has 1 aromatic carbocycles. The Balaban J connectivity index is 2.14. The minimum Gasteiger partial charge on any atom is -0.495 e. The third-order valence-corrected chi connectivity index (χ3v) is 4.23. The van der Waals surface area contributed by atoms with Gasteiger partial charge in [0.2, 0.25) is 0 Å². The normalized spacial score (nSPS) is 17.2. The van der Waals surface area contributed by atoms with Crippen LogP contribution in [0.1, 0.15) is 30.4 Å². The number of nitrogens with two attached hydrogens (primary N) is 1. The Bertz CT molecular complexity index is 399. The summed E-state index contributed by atoms with van der Waals surface area (Å²) in [7, 11) is 1.71. The van der Waals surface area contributed by atoms with E-state index in [1.54, 1.807) is 7.11 Å². The number of ether oxygens (including phenoxy) is 1. The van der Waals surface area contributed by atoms with Crippen LogP contribution >= 0.6 is 15.9 Å². The van der Waals surface area contributed by atoms with Gasteiger partial charge in [-0.05, 0) is 59.7 Å². The molecule has 0 radical (unpaired) electrons. The van der Waals surface area contributed by atoms with Crippen molar-refractivity contribution >= 4 is 15.9 Å². The zero-order chi connectivity index (χ0) is 11.8. The van der Waals surface area contributed by atoms with E-state index in [4.69, 9.17) is 10.5 Å². The Kier molecular flexibility index (Phi) is 3.27. The number of aryl methyl sites for hydroxylation is 2. The first-order valence-electron chi connectivity index (χ1n) is 5.66. The SMILES string of the molecule is COc1c(C)ccc(CCC2(N)CC2)c1Br. The minimum atomic E-state index is 0.123. The van der Waals surface area contributed by atoms with Gasteiger partial charge in [0.15, 0.2) is 0 Å². The summed E-state index contributed by atoms with van der Waals surface area (Å²) >= 11 is 3.61. The molecule has 0 atom stereocenters. The van der Waals surface area contributed by atoms with Crippen LogP contribution in [0, 0.1) is 6.92 Å². The third kappa shape index (κ3) is 2.41. The molecule has 0 unspecified atom stereocenters. The van der Waals surface area contributed by atoms with E-state index < -0.39 is 0 Å². The first kappa shape index (κ1) is 11.9. The molecule has 1 saturated carbocycles. The van der Waals surface area contributed by atoms with Crippen molar-refractivity contribution in [2.45, 2.75) is 38.1 Å². The van der Waals surface area contributed by atoms with E-state index in [-0.39, 0.29) is 5.54 Å². The van der Waals surface area contributed by atoms with E-state index in [9.17, 15) is 0 Å². The first-order chi connectivity index (χ1) is 7.56. The van der Waals surface area contributed by atoms with Crippen molar-refractivity contribution in [3.63, 3.8) is 0 Å². The summed E-state index contributed by atoms with van der Waals surface area (Å²) in [5, 5.41) is 0. The van der Waals surface area contributed by atoms with Crippen LogP contribution in [0.3, 0.4) is 0 Å². The fraction of sp³-hybridized carbons (Fsp3) is 0.538. The molecule has 2 rings (SSSR count). The highest BCUT2D eigenvalue weighted by atomic mass is 79.9. The number of benzene rings is 1. The molecule has 3 heteroatoms. The van der Waals surface area contributed by atoms with E-state index in [0.717, 1.165) is 28.6 Å². The monoisotopic (exact) mass is 283 g/mol. The van der Waals surface area contributed by atoms with E-state index >= 15 is 0 Å². The van der Waals surface area contributed by atoms with Crippen LogP contribution in [-0.4, -0.2) is 12.6 Å². The van der Waals surface area contributed by atoms with Gasteiger partial charge in [-0.1, -0.05) is 12.1 Å². The van der Waals surface area contributed by atoms with Crippen LogP contribution in [0.5, 0.6) is 5.75 Å². The molecule has 0 amide bonds. The molecule has 2 nitrogen and oxygen atoms in total. The van der Waals surface area contributed by atoms with Crippen molar-refractivity contribution in [2.24, 2.45) is 5.73 Å². The molecule has 1 aromatic rings. The summed E-state index contributed by atoms with van der Waals surface area (Å²) in [4.78, 5) is 0. The van der Waals surface area contributed by atoms with Crippen molar-refractivity contribution in [1.82, 2.24) is 0 Å². The minimum absolute atomic E-state index is 0.123. The zero-order valence-electron chi connectivity index (χ0n) is 9.85. The van der Waals surface area contributed by atoms with Crippen molar-refractivity contribution in [1.29, 1.82) is 0 Å². The number of hydrogen-bond donors (Lipinski definition) is 1. The zero-order valence-corrected chi connectivity index (χ0v) is 11.4. The smallest absolute Gasteiger partial charge is 0.136 e. The number of hydrogen-bond acceptors (Lipinski definition) is 2. The van der Waals surface area contributed by atoms with Crippen LogP contribution in [0.4, 0.5) is 0 Å². The van der Waals surface area contributed by atoms with Crippen LogP contribution in [-0.2, 0) is 6.42 Å². The molecule has 2 N–H and O–H groups in total. The molecule has 0 saturated heterocycles. The maximum Gasteiger partial charge on any atom is 0.136 e. The van der Waals surface area contributed by atoms with Crippen molar-refractivity contribution < 1.29 is 4.74 Å².